The number of likely N-dealkylation sites (N-methyl/N-ethyl adjacent to an activating group) is 1. The highest BCUT2D eigenvalue weighted by molar-refractivity contribution is 5.93. The van der Waals surface area contributed by atoms with Crippen LogP contribution in [0.1, 0.15) is 19.8 Å². The maximum atomic E-state index is 12.5. The van der Waals surface area contributed by atoms with Gasteiger partial charge >= 0.3 is 0 Å². The first-order valence-corrected chi connectivity index (χ1v) is 8.47. The molecule has 1 amide bonds. The molecule has 0 saturated carbocycles. The topological polar surface area (TPSA) is 87.1 Å². The van der Waals surface area contributed by atoms with Gasteiger partial charge in [-0.05, 0) is 45.0 Å². The number of amides is 1. The number of piperidine rings is 1. The summed E-state index contributed by atoms with van der Waals surface area (Å²) in [5.74, 6) is 1.11. The van der Waals surface area contributed by atoms with E-state index in [0.717, 1.165) is 31.7 Å². The number of hydrogen-bond donors (Lipinski definition) is 1. The fraction of sp³-hybridized carbons (Fsp3) is 0.471. The molecule has 2 aromatic rings. The Morgan fingerprint density at radius 2 is 2.12 bits per heavy atom. The minimum absolute atomic E-state index is 0.106. The Morgan fingerprint density at radius 1 is 1.32 bits per heavy atom. The molecule has 1 N–H and O–H groups in total. The Kier molecular flexibility index (Phi) is 5.49. The maximum absolute atomic E-state index is 12.5. The third-order valence-electron chi connectivity index (χ3n) is 4.65. The van der Waals surface area contributed by atoms with Gasteiger partial charge in [-0.2, -0.15) is 5.10 Å². The predicted octanol–water partition coefficient (Wildman–Crippen LogP) is 1.19. The molecule has 0 aromatic carbocycles. The van der Waals surface area contributed by atoms with Gasteiger partial charge in [-0.1, -0.05) is 0 Å². The van der Waals surface area contributed by atoms with Crippen LogP contribution in [-0.2, 0) is 4.79 Å². The second kappa shape index (κ2) is 7.98. The zero-order valence-electron chi connectivity index (χ0n) is 14.5. The molecule has 1 aliphatic rings. The van der Waals surface area contributed by atoms with Gasteiger partial charge in [-0.15, -0.1) is 5.10 Å². The smallest absolute Gasteiger partial charge is 0.243 e. The predicted molar refractivity (Wildman–Crippen MR) is 95.2 cm³/mol. The molecule has 3 rings (SSSR count). The SMILES string of the molecule is CC(C(=O)Nc1ncccn1)N(C)C1CCCN(c2cccnn2)C1. The van der Waals surface area contributed by atoms with Crippen molar-refractivity contribution in [2.75, 3.05) is 30.4 Å². The summed E-state index contributed by atoms with van der Waals surface area (Å²) >= 11 is 0. The summed E-state index contributed by atoms with van der Waals surface area (Å²) in [6.45, 7) is 3.69. The second-order valence-electron chi connectivity index (χ2n) is 6.23. The van der Waals surface area contributed by atoms with E-state index in [1.54, 1.807) is 24.7 Å². The highest BCUT2D eigenvalue weighted by atomic mass is 16.2. The lowest BCUT2D eigenvalue weighted by Crippen LogP contribution is -2.52. The molecule has 2 aromatic heterocycles. The summed E-state index contributed by atoms with van der Waals surface area (Å²) in [6.07, 6.45) is 7.00. The molecule has 1 fully saturated rings. The quantitative estimate of drug-likeness (QED) is 0.874. The molecule has 1 aliphatic heterocycles. The summed E-state index contributed by atoms with van der Waals surface area (Å²) in [5.41, 5.74) is 0. The van der Waals surface area contributed by atoms with Crippen molar-refractivity contribution < 1.29 is 4.79 Å². The van der Waals surface area contributed by atoms with Crippen molar-refractivity contribution in [2.24, 2.45) is 0 Å². The van der Waals surface area contributed by atoms with Crippen molar-refractivity contribution in [3.8, 4) is 0 Å². The minimum atomic E-state index is -0.282. The average molecular weight is 341 g/mol. The van der Waals surface area contributed by atoms with E-state index in [0.29, 0.717) is 5.95 Å². The molecule has 8 heteroatoms. The number of hydrogen-bond acceptors (Lipinski definition) is 7. The van der Waals surface area contributed by atoms with E-state index in [9.17, 15) is 4.79 Å². The molecule has 3 heterocycles. The van der Waals surface area contributed by atoms with Crippen molar-refractivity contribution in [2.45, 2.75) is 31.8 Å². The lowest BCUT2D eigenvalue weighted by atomic mass is 10.0. The summed E-state index contributed by atoms with van der Waals surface area (Å²) in [7, 11) is 1.99. The van der Waals surface area contributed by atoms with Crippen LogP contribution in [0.2, 0.25) is 0 Å². The Hall–Kier alpha value is -2.61. The van der Waals surface area contributed by atoms with Crippen LogP contribution in [0.3, 0.4) is 0 Å². The highest BCUT2D eigenvalue weighted by Crippen LogP contribution is 2.21. The molecular formula is C17H23N7O. The van der Waals surface area contributed by atoms with Gasteiger partial charge in [0.05, 0.1) is 6.04 Å². The molecule has 0 bridgehead atoms. The second-order valence-corrected chi connectivity index (χ2v) is 6.23. The fourth-order valence-electron chi connectivity index (χ4n) is 3.04. The molecule has 0 spiro atoms. The first-order chi connectivity index (χ1) is 12.1. The number of rotatable bonds is 5. The van der Waals surface area contributed by atoms with Crippen LogP contribution in [0.15, 0.2) is 36.8 Å². The molecule has 0 radical (unpaired) electrons. The number of carbonyl (C=O) groups excluding carboxylic acids is 1. The van der Waals surface area contributed by atoms with E-state index in [1.165, 1.54) is 0 Å². The Labute approximate surface area is 147 Å². The highest BCUT2D eigenvalue weighted by Gasteiger charge is 2.29. The molecule has 25 heavy (non-hydrogen) atoms. The van der Waals surface area contributed by atoms with Gasteiger partial charge in [0.25, 0.3) is 0 Å². The number of nitrogens with one attached hydrogen (secondary N) is 1. The van der Waals surface area contributed by atoms with E-state index in [4.69, 9.17) is 0 Å². The van der Waals surface area contributed by atoms with Crippen molar-refractivity contribution in [1.29, 1.82) is 0 Å². The normalized spacial score (nSPS) is 18.8. The van der Waals surface area contributed by atoms with Gasteiger partial charge in [-0.3, -0.25) is 15.0 Å². The average Bonchev–Trinajstić information content (AvgIpc) is 2.68. The Balaban J connectivity index is 1.61. The van der Waals surface area contributed by atoms with Crippen molar-refractivity contribution >= 4 is 17.7 Å². The lowest BCUT2D eigenvalue weighted by Gasteiger charge is -2.39. The number of aromatic nitrogens is 4. The van der Waals surface area contributed by atoms with Crippen molar-refractivity contribution in [1.82, 2.24) is 25.1 Å². The molecule has 8 nitrogen and oxygen atoms in total. The molecule has 0 aliphatic carbocycles. The molecular weight excluding hydrogens is 318 g/mol. The van der Waals surface area contributed by atoms with Gasteiger partial charge in [-0.25, -0.2) is 9.97 Å². The summed E-state index contributed by atoms with van der Waals surface area (Å²) in [6, 6.07) is 5.57. The van der Waals surface area contributed by atoms with Crippen LogP contribution in [0.4, 0.5) is 11.8 Å². The largest absolute Gasteiger partial charge is 0.354 e. The summed E-state index contributed by atoms with van der Waals surface area (Å²) in [5, 5.41) is 10.9. The van der Waals surface area contributed by atoms with Gasteiger partial charge in [0, 0.05) is 37.7 Å². The van der Waals surface area contributed by atoms with Crippen LogP contribution < -0.4 is 10.2 Å². The molecule has 2 unspecified atom stereocenters. The van der Waals surface area contributed by atoms with E-state index >= 15 is 0 Å². The molecule has 1 saturated heterocycles. The first kappa shape index (κ1) is 17.2. The van der Waals surface area contributed by atoms with E-state index in [2.05, 4.69) is 35.3 Å². The summed E-state index contributed by atoms with van der Waals surface area (Å²) < 4.78 is 0. The van der Waals surface area contributed by atoms with Gasteiger partial charge < -0.3 is 4.90 Å². The summed E-state index contributed by atoms with van der Waals surface area (Å²) in [4.78, 5) is 24.9. The first-order valence-electron chi connectivity index (χ1n) is 8.47. The van der Waals surface area contributed by atoms with E-state index in [-0.39, 0.29) is 18.0 Å². The monoisotopic (exact) mass is 341 g/mol. The molecule has 2 atom stereocenters. The van der Waals surface area contributed by atoms with Gasteiger partial charge in [0.2, 0.25) is 11.9 Å². The van der Waals surface area contributed by atoms with Crippen molar-refractivity contribution in [3.63, 3.8) is 0 Å². The lowest BCUT2D eigenvalue weighted by molar-refractivity contribution is -0.121. The third kappa shape index (κ3) is 4.27. The van der Waals surface area contributed by atoms with Crippen LogP contribution in [0.25, 0.3) is 0 Å². The van der Waals surface area contributed by atoms with Gasteiger partial charge in [0.15, 0.2) is 5.82 Å². The minimum Gasteiger partial charge on any atom is -0.354 e. The van der Waals surface area contributed by atoms with Gasteiger partial charge in [0.1, 0.15) is 0 Å². The van der Waals surface area contributed by atoms with E-state index < -0.39 is 0 Å². The zero-order valence-corrected chi connectivity index (χ0v) is 14.5. The van der Waals surface area contributed by atoms with E-state index in [1.807, 2.05) is 26.1 Å². The third-order valence-corrected chi connectivity index (χ3v) is 4.65. The maximum Gasteiger partial charge on any atom is 0.243 e. The van der Waals surface area contributed by atoms with Crippen LogP contribution in [-0.4, -0.2) is 63.2 Å². The standard InChI is InChI=1S/C17H23N7O/c1-13(16(25)21-17-18-8-5-9-19-17)23(2)14-6-4-11-24(12-14)15-7-3-10-20-22-15/h3,5,7-10,13-14H,4,6,11-12H2,1-2H3,(H,18,19,21,25). The number of anilines is 2. The Morgan fingerprint density at radius 3 is 2.84 bits per heavy atom. The number of nitrogens with zero attached hydrogens (tertiary/aromatic N) is 6. The van der Waals surface area contributed by atoms with Crippen LogP contribution in [0.5, 0.6) is 0 Å². The number of carbonyl (C=O) groups is 1. The zero-order chi connectivity index (χ0) is 17.6. The van der Waals surface area contributed by atoms with Crippen LogP contribution >= 0.6 is 0 Å². The molecule has 132 valence electrons. The Bertz CT molecular complexity index is 682. The fourth-order valence-corrected chi connectivity index (χ4v) is 3.04. The van der Waals surface area contributed by atoms with Crippen molar-refractivity contribution in [3.05, 3.63) is 36.8 Å². The van der Waals surface area contributed by atoms with Crippen LogP contribution in [0, 0.1) is 0 Å².